The van der Waals surface area contributed by atoms with E-state index in [2.05, 4.69) is 15.5 Å². The van der Waals surface area contributed by atoms with Crippen molar-refractivity contribution >= 4 is 39.9 Å². The molecule has 2 aromatic heterocycles. The fraction of sp³-hybridized carbons (Fsp3) is 0.176. The summed E-state index contributed by atoms with van der Waals surface area (Å²) in [6, 6.07) is 10.8. The number of carbonyl (C=O) groups excluding carboxylic acids is 2. The largest absolute Gasteiger partial charge is 0.466 e. The van der Waals surface area contributed by atoms with Crippen molar-refractivity contribution in [2.45, 2.75) is 18.2 Å². The van der Waals surface area contributed by atoms with Crippen molar-refractivity contribution in [3.05, 3.63) is 59.0 Å². The summed E-state index contributed by atoms with van der Waals surface area (Å²) in [5, 5.41) is 11.0. The molecule has 2 heterocycles. The average molecular weight is 373 g/mol. The lowest BCUT2D eigenvalue weighted by Crippen LogP contribution is -2.11. The summed E-state index contributed by atoms with van der Waals surface area (Å²) < 4.78 is 5.98. The van der Waals surface area contributed by atoms with Crippen molar-refractivity contribution < 1.29 is 14.0 Å². The maximum atomic E-state index is 12.2. The van der Waals surface area contributed by atoms with Gasteiger partial charge in [-0.2, -0.15) is 0 Å². The van der Waals surface area contributed by atoms with Gasteiger partial charge < -0.3 is 4.42 Å². The number of nitrogens with zero attached hydrogens (tertiary/aromatic N) is 2. The number of hydrogen-bond acceptors (Lipinski definition) is 7. The topological polar surface area (TPSA) is 85.1 Å². The van der Waals surface area contributed by atoms with Crippen LogP contribution >= 0.6 is 23.1 Å². The van der Waals surface area contributed by atoms with Crippen LogP contribution in [0, 0.1) is 13.8 Å². The molecule has 3 rings (SSSR count). The molecule has 0 atom stereocenters. The molecule has 0 saturated carbocycles. The molecule has 25 heavy (non-hydrogen) atoms. The Bertz CT molecular complexity index is 903. The molecule has 3 aromatic rings. The Morgan fingerprint density at radius 1 is 1.20 bits per heavy atom. The SMILES string of the molecule is Cc1cc(C(=O)Nc2nnc(SCC(=O)c3ccccc3)s2)c(C)o1. The van der Waals surface area contributed by atoms with E-state index in [9.17, 15) is 9.59 Å². The molecule has 1 amide bonds. The van der Waals surface area contributed by atoms with Crippen molar-refractivity contribution in [3.63, 3.8) is 0 Å². The molecule has 1 N–H and O–H groups in total. The van der Waals surface area contributed by atoms with Crippen molar-refractivity contribution in [2.24, 2.45) is 0 Å². The molecule has 128 valence electrons. The minimum absolute atomic E-state index is 0.0240. The number of amides is 1. The van der Waals surface area contributed by atoms with E-state index in [1.807, 2.05) is 18.2 Å². The van der Waals surface area contributed by atoms with Gasteiger partial charge in [0, 0.05) is 5.56 Å². The highest BCUT2D eigenvalue weighted by molar-refractivity contribution is 8.01. The summed E-state index contributed by atoms with van der Waals surface area (Å²) in [7, 11) is 0. The van der Waals surface area contributed by atoms with Gasteiger partial charge in [0.1, 0.15) is 11.5 Å². The zero-order valence-electron chi connectivity index (χ0n) is 13.6. The molecule has 0 aliphatic heterocycles. The quantitative estimate of drug-likeness (QED) is 0.400. The van der Waals surface area contributed by atoms with Gasteiger partial charge in [0.15, 0.2) is 10.1 Å². The van der Waals surface area contributed by atoms with Crippen LogP contribution in [0.3, 0.4) is 0 Å². The first-order valence-corrected chi connectivity index (χ1v) is 9.26. The summed E-state index contributed by atoms with van der Waals surface area (Å²) in [5.41, 5.74) is 1.14. The van der Waals surface area contributed by atoms with Crippen LogP contribution in [0.5, 0.6) is 0 Å². The fourth-order valence-electron chi connectivity index (χ4n) is 2.17. The van der Waals surface area contributed by atoms with E-state index in [0.29, 0.717) is 32.1 Å². The first-order valence-electron chi connectivity index (χ1n) is 7.46. The van der Waals surface area contributed by atoms with Crippen molar-refractivity contribution in [2.75, 3.05) is 11.1 Å². The molecule has 0 aliphatic rings. The predicted octanol–water partition coefficient (Wildman–Crippen LogP) is 3.98. The van der Waals surface area contributed by atoms with Gasteiger partial charge >= 0.3 is 0 Å². The molecule has 0 unspecified atom stereocenters. The number of furan rings is 1. The lowest BCUT2D eigenvalue weighted by atomic mass is 10.2. The molecular weight excluding hydrogens is 358 g/mol. The second-order valence-corrected chi connectivity index (χ2v) is 7.43. The first kappa shape index (κ1) is 17.4. The highest BCUT2D eigenvalue weighted by atomic mass is 32.2. The summed E-state index contributed by atoms with van der Waals surface area (Å²) in [4.78, 5) is 24.3. The maximum absolute atomic E-state index is 12.2. The van der Waals surface area contributed by atoms with Gasteiger partial charge in [-0.3, -0.25) is 14.9 Å². The van der Waals surface area contributed by atoms with E-state index in [1.54, 1.807) is 32.0 Å². The van der Waals surface area contributed by atoms with Crippen LogP contribution in [0.1, 0.15) is 32.2 Å². The minimum Gasteiger partial charge on any atom is -0.466 e. The summed E-state index contributed by atoms with van der Waals surface area (Å²) in [5.74, 6) is 1.24. The number of benzene rings is 1. The summed E-state index contributed by atoms with van der Waals surface area (Å²) in [6.07, 6.45) is 0. The fourth-order valence-corrected chi connectivity index (χ4v) is 3.82. The number of ketones is 1. The Kier molecular flexibility index (Phi) is 5.30. The Morgan fingerprint density at radius 2 is 1.96 bits per heavy atom. The van der Waals surface area contributed by atoms with Gasteiger partial charge in [0.05, 0.1) is 11.3 Å². The Labute approximate surface area is 152 Å². The number of hydrogen-bond donors (Lipinski definition) is 1. The third kappa shape index (κ3) is 4.34. The number of Topliss-reactive ketones (excluding diaryl/α,β-unsaturated/α-hetero) is 1. The molecule has 0 saturated heterocycles. The number of thioether (sulfide) groups is 1. The van der Waals surface area contributed by atoms with Gasteiger partial charge in [0.2, 0.25) is 5.13 Å². The monoisotopic (exact) mass is 373 g/mol. The lowest BCUT2D eigenvalue weighted by molar-refractivity contribution is 0.101. The van der Waals surface area contributed by atoms with Crippen LogP contribution in [-0.4, -0.2) is 27.6 Å². The van der Waals surface area contributed by atoms with E-state index in [4.69, 9.17) is 4.42 Å². The second kappa shape index (κ2) is 7.62. The predicted molar refractivity (Wildman–Crippen MR) is 97.5 cm³/mol. The van der Waals surface area contributed by atoms with Crippen LogP contribution in [0.15, 0.2) is 45.2 Å². The molecule has 1 aromatic carbocycles. The highest BCUT2D eigenvalue weighted by Gasteiger charge is 2.16. The smallest absolute Gasteiger partial charge is 0.261 e. The van der Waals surface area contributed by atoms with Gasteiger partial charge in [0.25, 0.3) is 5.91 Å². The Morgan fingerprint density at radius 3 is 2.64 bits per heavy atom. The summed E-state index contributed by atoms with van der Waals surface area (Å²) >= 11 is 2.53. The molecular formula is C17H15N3O3S2. The van der Waals surface area contributed by atoms with Crippen molar-refractivity contribution in [1.29, 1.82) is 0 Å². The molecule has 0 radical (unpaired) electrons. The zero-order valence-corrected chi connectivity index (χ0v) is 15.2. The van der Waals surface area contributed by atoms with Crippen LogP contribution in [0.2, 0.25) is 0 Å². The Balaban J connectivity index is 1.58. The van der Waals surface area contributed by atoms with Gasteiger partial charge in [-0.25, -0.2) is 0 Å². The summed E-state index contributed by atoms with van der Waals surface area (Å²) in [6.45, 7) is 3.52. The normalized spacial score (nSPS) is 10.6. The van der Waals surface area contributed by atoms with Crippen LogP contribution in [-0.2, 0) is 0 Å². The number of aromatic nitrogens is 2. The minimum atomic E-state index is -0.289. The number of nitrogens with one attached hydrogen (secondary N) is 1. The van der Waals surface area contributed by atoms with E-state index in [1.165, 1.54) is 23.1 Å². The second-order valence-electron chi connectivity index (χ2n) is 5.23. The first-order chi connectivity index (χ1) is 12.0. The molecule has 0 bridgehead atoms. The number of aryl methyl sites for hydroxylation is 2. The number of rotatable bonds is 6. The van der Waals surface area contributed by atoms with E-state index < -0.39 is 0 Å². The molecule has 0 spiro atoms. The third-order valence-corrected chi connectivity index (χ3v) is 5.31. The van der Waals surface area contributed by atoms with Crippen LogP contribution < -0.4 is 5.32 Å². The standard InChI is InChI=1S/C17H15N3O3S2/c1-10-8-13(11(2)23-10)15(22)18-16-19-20-17(25-16)24-9-14(21)12-6-4-3-5-7-12/h3-8H,9H2,1-2H3,(H,18,19,22). The van der Waals surface area contributed by atoms with Gasteiger partial charge in [-0.05, 0) is 19.9 Å². The average Bonchev–Trinajstić information content (AvgIpc) is 3.19. The van der Waals surface area contributed by atoms with Crippen molar-refractivity contribution in [3.8, 4) is 0 Å². The lowest BCUT2D eigenvalue weighted by Gasteiger charge is -1.99. The van der Waals surface area contributed by atoms with E-state index in [0.717, 1.165) is 0 Å². The van der Waals surface area contributed by atoms with Crippen LogP contribution in [0.4, 0.5) is 5.13 Å². The molecule has 6 nitrogen and oxygen atoms in total. The third-order valence-electron chi connectivity index (χ3n) is 3.34. The van der Waals surface area contributed by atoms with Crippen molar-refractivity contribution in [1.82, 2.24) is 10.2 Å². The number of carbonyl (C=O) groups is 2. The zero-order chi connectivity index (χ0) is 17.8. The van der Waals surface area contributed by atoms with E-state index in [-0.39, 0.29) is 17.4 Å². The Hall–Kier alpha value is -2.45. The van der Waals surface area contributed by atoms with Crippen LogP contribution in [0.25, 0.3) is 0 Å². The number of anilines is 1. The molecule has 0 aliphatic carbocycles. The highest BCUT2D eigenvalue weighted by Crippen LogP contribution is 2.27. The van der Waals surface area contributed by atoms with Gasteiger partial charge in [-0.15, -0.1) is 10.2 Å². The van der Waals surface area contributed by atoms with Gasteiger partial charge in [-0.1, -0.05) is 53.4 Å². The maximum Gasteiger partial charge on any atom is 0.261 e. The van der Waals surface area contributed by atoms with E-state index >= 15 is 0 Å². The molecule has 0 fully saturated rings. The molecule has 8 heteroatoms.